The lowest BCUT2D eigenvalue weighted by Gasteiger charge is -2.18. The van der Waals surface area contributed by atoms with E-state index >= 15 is 0 Å². The van der Waals surface area contributed by atoms with E-state index in [0.717, 1.165) is 26.7 Å². The minimum atomic E-state index is 0.0532. The van der Waals surface area contributed by atoms with Crippen molar-refractivity contribution in [1.82, 2.24) is 15.3 Å². The van der Waals surface area contributed by atoms with Crippen LogP contribution in [0.25, 0.3) is 0 Å². The number of halogens is 2. The Morgan fingerprint density at radius 3 is 2.44 bits per heavy atom. The van der Waals surface area contributed by atoms with Crippen LogP contribution in [0.5, 0.6) is 0 Å². The van der Waals surface area contributed by atoms with Gasteiger partial charge in [-0.15, -0.1) is 0 Å². The summed E-state index contributed by atoms with van der Waals surface area (Å²) in [6.45, 7) is 2.95. The van der Waals surface area contributed by atoms with Gasteiger partial charge in [0.15, 0.2) is 0 Å². The first-order valence-corrected chi connectivity index (χ1v) is 7.24. The van der Waals surface area contributed by atoms with Crippen molar-refractivity contribution < 1.29 is 0 Å². The fraction of sp³-hybridized carbons (Fsp3) is 0.231. The molecule has 5 heteroatoms. The van der Waals surface area contributed by atoms with Crippen LogP contribution in [0.3, 0.4) is 0 Å². The van der Waals surface area contributed by atoms with E-state index in [9.17, 15) is 0 Å². The quantitative estimate of drug-likeness (QED) is 0.891. The summed E-state index contributed by atoms with van der Waals surface area (Å²) >= 11 is 7.02. The average Bonchev–Trinajstić information content (AvgIpc) is 2.36. The molecule has 94 valence electrons. The van der Waals surface area contributed by atoms with Crippen LogP contribution >= 0.6 is 31.9 Å². The second-order valence-electron chi connectivity index (χ2n) is 3.82. The number of rotatable bonds is 4. The zero-order chi connectivity index (χ0) is 13.0. The molecule has 1 atom stereocenters. The third kappa shape index (κ3) is 3.37. The van der Waals surface area contributed by atoms with Crippen LogP contribution in [0.2, 0.25) is 0 Å². The van der Waals surface area contributed by atoms with Crippen molar-refractivity contribution in [3.8, 4) is 0 Å². The van der Waals surface area contributed by atoms with E-state index in [1.807, 2.05) is 6.07 Å². The molecule has 1 heterocycles. The maximum Gasteiger partial charge on any atom is 0.0801 e. The predicted octanol–water partition coefficient (Wildman–Crippen LogP) is 3.70. The number of hydrogen-bond donors (Lipinski definition) is 1. The second kappa shape index (κ2) is 6.41. The van der Waals surface area contributed by atoms with Gasteiger partial charge in [-0.25, -0.2) is 0 Å². The number of nitrogens with zero attached hydrogens (tertiary/aromatic N) is 2. The summed E-state index contributed by atoms with van der Waals surface area (Å²) in [4.78, 5) is 8.51. The zero-order valence-corrected chi connectivity index (χ0v) is 13.1. The Kier molecular flexibility index (Phi) is 4.86. The summed E-state index contributed by atoms with van der Waals surface area (Å²) in [5, 5.41) is 3.43. The van der Waals surface area contributed by atoms with Crippen molar-refractivity contribution in [2.24, 2.45) is 0 Å². The smallest absolute Gasteiger partial charge is 0.0801 e. The van der Waals surface area contributed by atoms with Crippen molar-refractivity contribution in [2.45, 2.75) is 13.0 Å². The molecule has 0 spiro atoms. The normalized spacial score (nSPS) is 12.4. The van der Waals surface area contributed by atoms with E-state index in [-0.39, 0.29) is 6.04 Å². The summed E-state index contributed by atoms with van der Waals surface area (Å²) in [6.07, 6.45) is 5.19. The summed E-state index contributed by atoms with van der Waals surface area (Å²) in [7, 11) is 0. The van der Waals surface area contributed by atoms with Crippen LogP contribution in [0.1, 0.15) is 24.2 Å². The molecule has 3 nitrogen and oxygen atoms in total. The van der Waals surface area contributed by atoms with Gasteiger partial charge in [0.1, 0.15) is 0 Å². The highest BCUT2D eigenvalue weighted by Gasteiger charge is 2.15. The van der Waals surface area contributed by atoms with Crippen LogP contribution < -0.4 is 5.32 Å². The molecular weight excluding hydrogens is 358 g/mol. The molecule has 0 aliphatic carbocycles. The molecule has 1 N–H and O–H groups in total. The molecule has 0 bridgehead atoms. The molecule has 18 heavy (non-hydrogen) atoms. The highest BCUT2D eigenvalue weighted by Crippen LogP contribution is 2.27. The fourth-order valence-corrected chi connectivity index (χ4v) is 3.13. The maximum absolute atomic E-state index is 4.38. The highest BCUT2D eigenvalue weighted by atomic mass is 79.9. The molecule has 0 fully saturated rings. The Hall–Kier alpha value is -0.780. The molecule has 2 rings (SSSR count). The van der Waals surface area contributed by atoms with Gasteiger partial charge in [-0.2, -0.15) is 0 Å². The molecule has 0 aliphatic rings. The summed E-state index contributed by atoms with van der Waals surface area (Å²) < 4.78 is 2.08. The Labute approximate surface area is 123 Å². The first-order chi connectivity index (χ1) is 8.70. The Morgan fingerprint density at radius 1 is 1.17 bits per heavy atom. The number of benzene rings is 1. The summed E-state index contributed by atoms with van der Waals surface area (Å²) in [6, 6.07) is 6.25. The number of nitrogens with one attached hydrogen (secondary N) is 1. The van der Waals surface area contributed by atoms with E-state index in [1.54, 1.807) is 18.6 Å². The topological polar surface area (TPSA) is 37.8 Å². The van der Waals surface area contributed by atoms with Crippen LogP contribution in [0.15, 0.2) is 45.7 Å². The van der Waals surface area contributed by atoms with Gasteiger partial charge in [0.05, 0.1) is 17.9 Å². The maximum atomic E-state index is 4.38. The Morgan fingerprint density at radius 2 is 1.89 bits per heavy atom. The first-order valence-electron chi connectivity index (χ1n) is 5.66. The zero-order valence-electron chi connectivity index (χ0n) is 9.90. The lowest BCUT2D eigenvalue weighted by Crippen LogP contribution is -2.23. The molecule has 0 saturated carbocycles. The molecular formula is C13H13Br2N3. The molecule has 1 aromatic carbocycles. The van der Waals surface area contributed by atoms with Crippen LogP contribution in [0, 0.1) is 0 Å². The van der Waals surface area contributed by atoms with Gasteiger partial charge in [0.25, 0.3) is 0 Å². The largest absolute Gasteiger partial charge is 0.305 e. The van der Waals surface area contributed by atoms with Crippen LogP contribution in [0.4, 0.5) is 0 Å². The van der Waals surface area contributed by atoms with Crippen molar-refractivity contribution in [1.29, 1.82) is 0 Å². The minimum absolute atomic E-state index is 0.0532. The second-order valence-corrected chi connectivity index (χ2v) is 5.66. The third-order valence-electron chi connectivity index (χ3n) is 2.51. The Bertz CT molecular complexity index is 497. The van der Waals surface area contributed by atoms with Crippen molar-refractivity contribution in [3.05, 3.63) is 57.0 Å². The lowest BCUT2D eigenvalue weighted by atomic mass is 10.0. The number of aromatic nitrogens is 2. The lowest BCUT2D eigenvalue weighted by molar-refractivity contribution is 0.612. The minimum Gasteiger partial charge on any atom is -0.305 e. The van der Waals surface area contributed by atoms with Gasteiger partial charge >= 0.3 is 0 Å². The molecule has 0 amide bonds. The predicted molar refractivity (Wildman–Crippen MR) is 79.4 cm³/mol. The SMILES string of the molecule is CCNC(c1cc(Br)cc(Br)c1)c1cnccn1. The van der Waals surface area contributed by atoms with Crippen molar-refractivity contribution >= 4 is 31.9 Å². The first kappa shape index (κ1) is 13.6. The summed E-state index contributed by atoms with van der Waals surface area (Å²) in [5.41, 5.74) is 2.07. The standard InChI is InChI=1S/C13H13Br2N3/c1-2-17-13(12-8-16-3-4-18-12)9-5-10(14)7-11(15)6-9/h3-8,13,17H,2H2,1H3. The molecule has 2 aromatic rings. The van der Waals surface area contributed by atoms with E-state index in [4.69, 9.17) is 0 Å². The van der Waals surface area contributed by atoms with E-state index < -0.39 is 0 Å². The monoisotopic (exact) mass is 369 g/mol. The van der Waals surface area contributed by atoms with Gasteiger partial charge in [0, 0.05) is 21.3 Å². The highest BCUT2D eigenvalue weighted by molar-refractivity contribution is 9.11. The van der Waals surface area contributed by atoms with E-state index in [0.29, 0.717) is 0 Å². The van der Waals surface area contributed by atoms with Gasteiger partial charge in [-0.3, -0.25) is 9.97 Å². The van der Waals surface area contributed by atoms with Crippen molar-refractivity contribution in [3.63, 3.8) is 0 Å². The van der Waals surface area contributed by atoms with Gasteiger partial charge < -0.3 is 5.32 Å². The molecule has 0 aliphatic heterocycles. The number of hydrogen-bond acceptors (Lipinski definition) is 3. The van der Waals surface area contributed by atoms with Gasteiger partial charge in [-0.05, 0) is 30.3 Å². The van der Waals surface area contributed by atoms with Gasteiger partial charge in [0.2, 0.25) is 0 Å². The fourth-order valence-electron chi connectivity index (χ4n) is 1.80. The van der Waals surface area contributed by atoms with Crippen molar-refractivity contribution in [2.75, 3.05) is 6.54 Å². The van der Waals surface area contributed by atoms with E-state index in [2.05, 4.69) is 66.2 Å². The molecule has 0 saturated heterocycles. The van der Waals surface area contributed by atoms with Crippen LogP contribution in [-0.2, 0) is 0 Å². The Balaban J connectivity index is 2.41. The van der Waals surface area contributed by atoms with E-state index in [1.165, 1.54) is 0 Å². The van der Waals surface area contributed by atoms with Gasteiger partial charge in [-0.1, -0.05) is 38.8 Å². The average molecular weight is 371 g/mol. The van der Waals surface area contributed by atoms with Crippen LogP contribution in [-0.4, -0.2) is 16.5 Å². The third-order valence-corrected chi connectivity index (χ3v) is 3.42. The molecule has 0 radical (unpaired) electrons. The molecule has 1 aromatic heterocycles. The molecule has 1 unspecified atom stereocenters. The summed E-state index contributed by atoms with van der Waals surface area (Å²) in [5.74, 6) is 0.